The third-order valence-electron chi connectivity index (χ3n) is 2.85. The highest BCUT2D eigenvalue weighted by Crippen LogP contribution is 2.26. The molecule has 0 heterocycles. The number of carbonyl (C=O) groups excluding carboxylic acids is 1. The van der Waals surface area contributed by atoms with Crippen LogP contribution in [0.2, 0.25) is 5.02 Å². The fourth-order valence-corrected chi connectivity index (χ4v) is 2.57. The molecule has 0 bridgehead atoms. The highest BCUT2D eigenvalue weighted by Gasteiger charge is 2.15. The van der Waals surface area contributed by atoms with Crippen LogP contribution in [0.4, 0.5) is 0 Å². The Bertz CT molecular complexity index is 638. The molecule has 19 heavy (non-hydrogen) atoms. The largest absolute Gasteiger partial charge is 0.497 e. The number of methoxy groups -OCH3 is 1. The molecule has 0 saturated heterocycles. The van der Waals surface area contributed by atoms with E-state index in [0.717, 1.165) is 10.0 Å². The zero-order chi connectivity index (χ0) is 14.0. The molecule has 2 aromatic rings. The predicted octanol–water partition coefficient (Wildman–Crippen LogP) is 4.65. The Morgan fingerprint density at radius 1 is 1.16 bits per heavy atom. The maximum Gasteiger partial charge on any atom is 0.194 e. The summed E-state index contributed by atoms with van der Waals surface area (Å²) in [4.78, 5) is 12.5. The van der Waals surface area contributed by atoms with Crippen molar-refractivity contribution in [2.75, 3.05) is 7.11 Å². The van der Waals surface area contributed by atoms with Gasteiger partial charge in [0.2, 0.25) is 0 Å². The molecule has 4 heteroatoms. The van der Waals surface area contributed by atoms with Gasteiger partial charge in [0.25, 0.3) is 0 Å². The van der Waals surface area contributed by atoms with Crippen LogP contribution in [-0.4, -0.2) is 12.9 Å². The number of carbonyl (C=O) groups is 1. The van der Waals surface area contributed by atoms with Gasteiger partial charge >= 0.3 is 0 Å². The maximum absolute atomic E-state index is 12.5. The summed E-state index contributed by atoms with van der Waals surface area (Å²) in [6, 6.07) is 10.6. The molecule has 0 saturated carbocycles. The summed E-state index contributed by atoms with van der Waals surface area (Å²) in [6.45, 7) is 1.90. The van der Waals surface area contributed by atoms with E-state index in [4.69, 9.17) is 16.3 Å². The number of hydrogen-bond acceptors (Lipinski definition) is 2. The lowest BCUT2D eigenvalue weighted by molar-refractivity contribution is 0.103. The van der Waals surface area contributed by atoms with Gasteiger partial charge in [-0.25, -0.2) is 0 Å². The lowest BCUT2D eigenvalue weighted by Crippen LogP contribution is -2.04. The van der Waals surface area contributed by atoms with E-state index in [1.54, 1.807) is 31.4 Å². The Labute approximate surface area is 125 Å². The average Bonchev–Trinajstić information content (AvgIpc) is 2.37. The van der Waals surface area contributed by atoms with Crippen molar-refractivity contribution in [2.24, 2.45) is 0 Å². The molecular weight excluding hydrogens is 328 g/mol. The number of halogens is 2. The first-order chi connectivity index (χ1) is 9.02. The van der Waals surface area contributed by atoms with Crippen molar-refractivity contribution in [3.63, 3.8) is 0 Å². The molecule has 2 aromatic carbocycles. The van der Waals surface area contributed by atoms with Gasteiger partial charge in [0.15, 0.2) is 5.78 Å². The van der Waals surface area contributed by atoms with Crippen LogP contribution in [0, 0.1) is 6.92 Å². The van der Waals surface area contributed by atoms with Gasteiger partial charge in [-0.3, -0.25) is 4.79 Å². The molecule has 2 nitrogen and oxygen atoms in total. The third-order valence-corrected chi connectivity index (χ3v) is 3.66. The van der Waals surface area contributed by atoms with Gasteiger partial charge in [-0.05, 0) is 48.9 Å². The zero-order valence-corrected chi connectivity index (χ0v) is 12.9. The quantitative estimate of drug-likeness (QED) is 0.761. The highest BCUT2D eigenvalue weighted by molar-refractivity contribution is 9.10. The number of rotatable bonds is 3. The minimum Gasteiger partial charge on any atom is -0.497 e. The van der Waals surface area contributed by atoms with Crippen LogP contribution in [0.3, 0.4) is 0 Å². The number of hydrogen-bond donors (Lipinski definition) is 0. The monoisotopic (exact) mass is 338 g/mol. The number of ketones is 1. The summed E-state index contributed by atoms with van der Waals surface area (Å²) in [7, 11) is 1.56. The Hall–Kier alpha value is -1.32. The van der Waals surface area contributed by atoms with E-state index >= 15 is 0 Å². The van der Waals surface area contributed by atoms with Gasteiger partial charge in [0.05, 0.1) is 12.1 Å². The molecule has 0 aliphatic heterocycles. The van der Waals surface area contributed by atoms with E-state index in [-0.39, 0.29) is 5.78 Å². The van der Waals surface area contributed by atoms with E-state index in [2.05, 4.69) is 15.9 Å². The Morgan fingerprint density at radius 3 is 2.42 bits per heavy atom. The molecule has 2 rings (SSSR count). The SMILES string of the molecule is COc1ccc(C(=O)c2ccc(Br)cc2C)c(Cl)c1. The Kier molecular flexibility index (Phi) is 4.27. The first-order valence-corrected chi connectivity index (χ1v) is 6.84. The Morgan fingerprint density at radius 2 is 1.84 bits per heavy atom. The maximum atomic E-state index is 12.5. The normalized spacial score (nSPS) is 10.3. The number of aryl methyl sites for hydroxylation is 1. The Balaban J connectivity index is 2.44. The first-order valence-electron chi connectivity index (χ1n) is 5.67. The zero-order valence-electron chi connectivity index (χ0n) is 10.5. The first kappa shape index (κ1) is 14.1. The molecule has 0 N–H and O–H groups in total. The van der Waals surface area contributed by atoms with E-state index in [1.165, 1.54) is 0 Å². The van der Waals surface area contributed by atoms with Crippen molar-refractivity contribution in [3.05, 3.63) is 62.6 Å². The van der Waals surface area contributed by atoms with Crippen LogP contribution in [0.25, 0.3) is 0 Å². The van der Waals surface area contributed by atoms with Crippen LogP contribution < -0.4 is 4.74 Å². The smallest absolute Gasteiger partial charge is 0.194 e. The van der Waals surface area contributed by atoms with Crippen molar-refractivity contribution in [3.8, 4) is 5.75 Å². The van der Waals surface area contributed by atoms with Crippen LogP contribution in [0.1, 0.15) is 21.5 Å². The second kappa shape index (κ2) is 5.76. The van der Waals surface area contributed by atoms with Gasteiger partial charge in [0, 0.05) is 15.6 Å². The van der Waals surface area contributed by atoms with E-state index in [1.807, 2.05) is 19.1 Å². The molecule has 0 atom stereocenters. The van der Waals surface area contributed by atoms with Crippen molar-refractivity contribution >= 4 is 33.3 Å². The summed E-state index contributed by atoms with van der Waals surface area (Å²) in [5.74, 6) is 0.548. The minimum absolute atomic E-state index is 0.0855. The predicted molar refractivity (Wildman–Crippen MR) is 80.3 cm³/mol. The van der Waals surface area contributed by atoms with Gasteiger partial charge in [-0.1, -0.05) is 27.5 Å². The third kappa shape index (κ3) is 2.99. The molecule has 0 aromatic heterocycles. The van der Waals surface area contributed by atoms with Gasteiger partial charge in [-0.2, -0.15) is 0 Å². The van der Waals surface area contributed by atoms with E-state index in [0.29, 0.717) is 21.9 Å². The van der Waals surface area contributed by atoms with Crippen molar-refractivity contribution in [1.82, 2.24) is 0 Å². The minimum atomic E-state index is -0.0855. The fraction of sp³-hybridized carbons (Fsp3) is 0.133. The summed E-state index contributed by atoms with van der Waals surface area (Å²) in [5, 5.41) is 0.395. The van der Waals surface area contributed by atoms with Crippen molar-refractivity contribution < 1.29 is 9.53 Å². The summed E-state index contributed by atoms with van der Waals surface area (Å²) in [6.07, 6.45) is 0. The van der Waals surface area contributed by atoms with Crippen molar-refractivity contribution in [2.45, 2.75) is 6.92 Å². The van der Waals surface area contributed by atoms with Gasteiger partial charge in [-0.15, -0.1) is 0 Å². The summed E-state index contributed by atoms with van der Waals surface area (Å²) < 4.78 is 6.02. The lowest BCUT2D eigenvalue weighted by Gasteiger charge is -2.08. The highest BCUT2D eigenvalue weighted by atomic mass is 79.9. The molecular formula is C15H12BrClO2. The second-order valence-electron chi connectivity index (χ2n) is 4.13. The average molecular weight is 340 g/mol. The molecule has 0 radical (unpaired) electrons. The summed E-state index contributed by atoms with van der Waals surface area (Å²) in [5.41, 5.74) is 2.04. The van der Waals surface area contributed by atoms with Gasteiger partial charge in [0.1, 0.15) is 5.75 Å². The molecule has 0 unspecified atom stereocenters. The van der Waals surface area contributed by atoms with E-state index in [9.17, 15) is 4.79 Å². The topological polar surface area (TPSA) is 26.3 Å². The van der Waals surface area contributed by atoms with Crippen molar-refractivity contribution in [1.29, 1.82) is 0 Å². The molecule has 0 aliphatic rings. The molecule has 0 amide bonds. The molecule has 98 valence electrons. The number of ether oxygens (including phenoxy) is 1. The molecule has 0 spiro atoms. The number of benzene rings is 2. The van der Waals surface area contributed by atoms with Gasteiger partial charge < -0.3 is 4.74 Å². The second-order valence-corrected chi connectivity index (χ2v) is 5.46. The van der Waals surface area contributed by atoms with Crippen LogP contribution in [0.15, 0.2) is 40.9 Å². The lowest BCUT2D eigenvalue weighted by atomic mass is 9.99. The van der Waals surface area contributed by atoms with Crippen LogP contribution in [-0.2, 0) is 0 Å². The molecule has 0 aliphatic carbocycles. The fourth-order valence-electron chi connectivity index (χ4n) is 1.83. The molecule has 0 fully saturated rings. The van der Waals surface area contributed by atoms with Crippen LogP contribution in [0.5, 0.6) is 5.75 Å². The van der Waals surface area contributed by atoms with E-state index < -0.39 is 0 Å². The van der Waals surface area contributed by atoms with Crippen LogP contribution >= 0.6 is 27.5 Å². The summed E-state index contributed by atoms with van der Waals surface area (Å²) >= 11 is 9.51. The standard InChI is InChI=1S/C15H12BrClO2/c1-9-7-10(16)3-5-12(9)15(18)13-6-4-11(19-2)8-14(13)17/h3-8H,1-2H3.